The van der Waals surface area contributed by atoms with Crippen molar-refractivity contribution in [3.63, 3.8) is 0 Å². The van der Waals surface area contributed by atoms with Gasteiger partial charge >= 0.3 is 0 Å². The average molecular weight is 456 g/mol. The quantitative estimate of drug-likeness (QED) is 0.684. The first-order valence-corrected chi connectivity index (χ1v) is 10.5. The van der Waals surface area contributed by atoms with Crippen LogP contribution in [0.2, 0.25) is 0 Å². The highest BCUT2D eigenvalue weighted by atomic mass is 79.9. The van der Waals surface area contributed by atoms with Crippen molar-refractivity contribution in [3.8, 4) is 0 Å². The maximum atomic E-state index is 12.9. The summed E-state index contributed by atoms with van der Waals surface area (Å²) in [6.45, 7) is 1.87. The molecule has 27 heavy (non-hydrogen) atoms. The largest absolute Gasteiger partial charge is 0.469 e. The summed E-state index contributed by atoms with van der Waals surface area (Å²) in [5.74, 6) is -0.695. The number of amides is 2. The van der Waals surface area contributed by atoms with E-state index in [2.05, 4.69) is 26.8 Å². The van der Waals surface area contributed by atoms with Crippen LogP contribution in [0.5, 0.6) is 0 Å². The number of hydrogen-bond acceptors (Lipinski definition) is 5. The zero-order valence-electron chi connectivity index (χ0n) is 14.4. The molecule has 1 aromatic heterocycles. The van der Waals surface area contributed by atoms with Crippen molar-refractivity contribution in [2.75, 3.05) is 6.54 Å². The molecule has 1 aromatic carbocycles. The van der Waals surface area contributed by atoms with Gasteiger partial charge in [0.1, 0.15) is 11.8 Å². The number of hydrazine groups is 1. The van der Waals surface area contributed by atoms with Gasteiger partial charge in [-0.3, -0.25) is 20.4 Å². The first-order chi connectivity index (χ1) is 12.8. The van der Waals surface area contributed by atoms with Crippen LogP contribution in [0.3, 0.4) is 0 Å². The second kappa shape index (κ2) is 7.83. The van der Waals surface area contributed by atoms with E-state index in [0.717, 1.165) is 4.47 Å². The van der Waals surface area contributed by atoms with Crippen LogP contribution in [0.25, 0.3) is 0 Å². The Bertz CT molecular complexity index is 955. The molecule has 2 N–H and O–H groups in total. The molecule has 0 bridgehead atoms. The molecule has 1 saturated heterocycles. The van der Waals surface area contributed by atoms with Gasteiger partial charge in [-0.15, -0.1) is 0 Å². The first-order valence-electron chi connectivity index (χ1n) is 8.22. The van der Waals surface area contributed by atoms with Crippen molar-refractivity contribution in [2.45, 2.75) is 30.7 Å². The van der Waals surface area contributed by atoms with Gasteiger partial charge in [0.15, 0.2) is 0 Å². The topological polar surface area (TPSA) is 109 Å². The Morgan fingerprint density at radius 1 is 1.19 bits per heavy atom. The number of aryl methyl sites for hydroxylation is 1. The summed E-state index contributed by atoms with van der Waals surface area (Å²) in [6.07, 6.45) is 2.31. The van der Waals surface area contributed by atoms with E-state index >= 15 is 0 Å². The van der Waals surface area contributed by atoms with E-state index in [1.165, 1.54) is 28.8 Å². The normalized spacial score (nSPS) is 17.6. The lowest BCUT2D eigenvalue weighted by molar-refractivity contribution is -0.125. The summed E-state index contributed by atoms with van der Waals surface area (Å²) >= 11 is 3.27. The lowest BCUT2D eigenvalue weighted by Gasteiger charge is -2.23. The summed E-state index contributed by atoms with van der Waals surface area (Å²) in [4.78, 5) is 24.7. The molecule has 10 heteroatoms. The van der Waals surface area contributed by atoms with Gasteiger partial charge in [0.2, 0.25) is 10.0 Å². The highest BCUT2D eigenvalue weighted by Gasteiger charge is 2.39. The standard InChI is InChI=1S/C17H18BrN3O5S/c1-11-14(8-10-26-11)16(22)19-20-17(23)15-3-2-9-21(15)27(24,25)13-6-4-12(18)5-7-13/h4-8,10,15H,2-3,9H2,1H3,(H,19,22)(H,20,23). The monoisotopic (exact) mass is 455 g/mol. The number of carbonyl (C=O) groups is 2. The van der Waals surface area contributed by atoms with Crippen LogP contribution in [0.4, 0.5) is 0 Å². The Hall–Kier alpha value is -2.17. The molecule has 0 radical (unpaired) electrons. The fourth-order valence-corrected chi connectivity index (χ4v) is 4.84. The van der Waals surface area contributed by atoms with Gasteiger partial charge in [0.05, 0.1) is 16.7 Å². The summed E-state index contributed by atoms with van der Waals surface area (Å²) < 4.78 is 32.7. The first kappa shape index (κ1) is 19.6. The molecule has 2 aromatic rings. The number of nitrogens with zero attached hydrogens (tertiary/aromatic N) is 1. The highest BCUT2D eigenvalue weighted by Crippen LogP contribution is 2.27. The molecule has 8 nitrogen and oxygen atoms in total. The van der Waals surface area contributed by atoms with Crippen LogP contribution in [0, 0.1) is 6.92 Å². The van der Waals surface area contributed by atoms with Crippen molar-refractivity contribution in [3.05, 3.63) is 52.4 Å². The fraction of sp³-hybridized carbons (Fsp3) is 0.294. The Kier molecular flexibility index (Phi) is 5.68. The van der Waals surface area contributed by atoms with Crippen LogP contribution < -0.4 is 10.9 Å². The summed E-state index contributed by atoms with van der Waals surface area (Å²) in [5, 5.41) is 0. The van der Waals surface area contributed by atoms with Crippen molar-refractivity contribution in [1.29, 1.82) is 0 Å². The minimum Gasteiger partial charge on any atom is -0.469 e. The molecule has 1 aliphatic heterocycles. The predicted molar refractivity (Wildman–Crippen MR) is 100 cm³/mol. The second-order valence-corrected chi connectivity index (χ2v) is 8.87. The van der Waals surface area contributed by atoms with Gasteiger partial charge in [-0.05, 0) is 50.1 Å². The number of rotatable bonds is 4. The van der Waals surface area contributed by atoms with E-state index in [-0.39, 0.29) is 11.4 Å². The van der Waals surface area contributed by atoms with Crippen LogP contribution in [-0.2, 0) is 14.8 Å². The van der Waals surface area contributed by atoms with E-state index in [9.17, 15) is 18.0 Å². The molecule has 0 saturated carbocycles. The van der Waals surface area contributed by atoms with Crippen LogP contribution >= 0.6 is 15.9 Å². The molecule has 2 heterocycles. The smallest absolute Gasteiger partial charge is 0.273 e. The minimum atomic E-state index is -3.81. The van der Waals surface area contributed by atoms with E-state index in [1.54, 1.807) is 19.1 Å². The highest BCUT2D eigenvalue weighted by molar-refractivity contribution is 9.10. The third-order valence-corrected chi connectivity index (χ3v) is 6.78. The molecule has 1 atom stereocenters. The van der Waals surface area contributed by atoms with Gasteiger partial charge in [0.25, 0.3) is 11.8 Å². The number of sulfonamides is 1. The van der Waals surface area contributed by atoms with Gasteiger partial charge in [-0.25, -0.2) is 8.42 Å². The third-order valence-electron chi connectivity index (χ3n) is 4.33. The Morgan fingerprint density at radius 2 is 1.89 bits per heavy atom. The Labute approximate surface area is 165 Å². The maximum Gasteiger partial charge on any atom is 0.273 e. The fourth-order valence-electron chi connectivity index (χ4n) is 2.92. The summed E-state index contributed by atoms with van der Waals surface area (Å²) in [6, 6.07) is 6.82. The van der Waals surface area contributed by atoms with E-state index in [0.29, 0.717) is 24.2 Å². The van der Waals surface area contributed by atoms with Gasteiger partial charge in [-0.1, -0.05) is 15.9 Å². The number of halogens is 1. The summed E-state index contributed by atoms with van der Waals surface area (Å²) in [5.41, 5.74) is 4.90. The molecule has 1 unspecified atom stereocenters. The van der Waals surface area contributed by atoms with Crippen LogP contribution in [0.15, 0.2) is 50.4 Å². The zero-order chi connectivity index (χ0) is 19.6. The third kappa shape index (κ3) is 4.07. The van der Waals surface area contributed by atoms with Crippen LogP contribution in [0.1, 0.15) is 29.0 Å². The number of hydrogen-bond donors (Lipinski definition) is 2. The van der Waals surface area contributed by atoms with Gasteiger partial charge in [-0.2, -0.15) is 4.31 Å². The molecule has 2 amide bonds. The molecule has 1 fully saturated rings. The van der Waals surface area contributed by atoms with Gasteiger partial charge in [0, 0.05) is 11.0 Å². The van der Waals surface area contributed by atoms with E-state index < -0.39 is 27.9 Å². The Balaban J connectivity index is 1.70. The van der Waals surface area contributed by atoms with E-state index in [4.69, 9.17) is 4.42 Å². The summed E-state index contributed by atoms with van der Waals surface area (Å²) in [7, 11) is -3.81. The predicted octanol–water partition coefficient (Wildman–Crippen LogP) is 1.96. The maximum absolute atomic E-state index is 12.9. The molecule has 144 valence electrons. The van der Waals surface area contributed by atoms with E-state index in [1.807, 2.05) is 0 Å². The Morgan fingerprint density at radius 3 is 2.52 bits per heavy atom. The lowest BCUT2D eigenvalue weighted by atomic mass is 10.2. The second-order valence-electron chi connectivity index (χ2n) is 6.06. The zero-order valence-corrected chi connectivity index (χ0v) is 16.8. The number of benzene rings is 1. The lowest BCUT2D eigenvalue weighted by Crippen LogP contribution is -2.51. The number of nitrogens with one attached hydrogen (secondary N) is 2. The molecular weight excluding hydrogens is 438 g/mol. The minimum absolute atomic E-state index is 0.114. The number of furan rings is 1. The van der Waals surface area contributed by atoms with Crippen molar-refractivity contribution in [1.82, 2.24) is 15.2 Å². The molecule has 3 rings (SSSR count). The molecule has 1 aliphatic rings. The molecule has 0 spiro atoms. The van der Waals surface area contributed by atoms with Gasteiger partial charge < -0.3 is 4.42 Å². The van der Waals surface area contributed by atoms with Crippen molar-refractivity contribution >= 4 is 37.8 Å². The SMILES string of the molecule is Cc1occc1C(=O)NNC(=O)C1CCCN1S(=O)(=O)c1ccc(Br)cc1. The molecular formula is C17H18BrN3O5S. The average Bonchev–Trinajstić information content (AvgIpc) is 3.29. The van der Waals surface area contributed by atoms with Crippen LogP contribution in [-0.4, -0.2) is 37.1 Å². The van der Waals surface area contributed by atoms with Crippen molar-refractivity contribution in [2.24, 2.45) is 0 Å². The van der Waals surface area contributed by atoms with Crippen molar-refractivity contribution < 1.29 is 22.4 Å². The molecule has 0 aliphatic carbocycles. The number of carbonyl (C=O) groups excluding carboxylic acids is 2.